The average Bonchev–Trinajstić information content (AvgIpc) is 2.89. The molecule has 0 aromatic rings. The lowest BCUT2D eigenvalue weighted by molar-refractivity contribution is -0.121. The topological polar surface area (TPSA) is 86.7 Å². The molecule has 0 aromatic heterocycles. The molecule has 34 heavy (non-hydrogen) atoms. The fraction of sp³-hybridized carbons (Fsp3) is 0.857. The van der Waals surface area contributed by atoms with Crippen molar-refractivity contribution in [2.45, 2.75) is 128 Å². The van der Waals surface area contributed by atoms with Crippen molar-refractivity contribution in [1.82, 2.24) is 0 Å². The summed E-state index contributed by atoms with van der Waals surface area (Å²) in [5.74, 6) is 1.86. The molecule has 1 aliphatic heterocycles. The normalized spacial score (nSPS) is 22.8. The number of hydrogen-bond acceptors (Lipinski definition) is 6. The maximum Gasteiger partial charge on any atom is 0.132 e. The first-order valence-electron chi connectivity index (χ1n) is 13.8. The van der Waals surface area contributed by atoms with Crippen molar-refractivity contribution in [3.8, 4) is 0 Å². The lowest BCUT2D eigenvalue weighted by atomic mass is 10.00. The molecule has 196 valence electrons. The average molecular weight is 481 g/mol. The van der Waals surface area contributed by atoms with Gasteiger partial charge in [0.1, 0.15) is 23.1 Å². The van der Waals surface area contributed by atoms with Crippen molar-refractivity contribution >= 4 is 23.1 Å². The van der Waals surface area contributed by atoms with Gasteiger partial charge in [-0.2, -0.15) is 0 Å². The summed E-state index contributed by atoms with van der Waals surface area (Å²) in [6.45, 7) is 3.11. The van der Waals surface area contributed by atoms with E-state index in [1.807, 2.05) is 0 Å². The number of ketones is 4. The molecule has 0 radical (unpaired) electrons. The van der Waals surface area contributed by atoms with Gasteiger partial charge in [-0.05, 0) is 51.4 Å². The minimum atomic E-state index is 0.464. The molecule has 4 saturated carbocycles. The van der Waals surface area contributed by atoms with Crippen molar-refractivity contribution < 1.29 is 28.7 Å². The van der Waals surface area contributed by atoms with Crippen LogP contribution in [0, 0.1) is 0 Å². The predicted octanol–water partition coefficient (Wildman–Crippen LogP) is 6.11. The summed E-state index contributed by atoms with van der Waals surface area (Å²) < 4.78 is 9.89. The maximum absolute atomic E-state index is 10.5. The van der Waals surface area contributed by atoms with Crippen LogP contribution in [-0.4, -0.2) is 49.6 Å². The van der Waals surface area contributed by atoms with E-state index in [4.69, 9.17) is 9.47 Å². The van der Waals surface area contributed by atoms with Crippen molar-refractivity contribution in [2.75, 3.05) is 26.4 Å². The summed E-state index contributed by atoms with van der Waals surface area (Å²) >= 11 is 0. The van der Waals surface area contributed by atoms with Gasteiger partial charge >= 0.3 is 0 Å². The number of ether oxygens (including phenoxy) is 2. The molecule has 5 aliphatic rings. The quantitative estimate of drug-likeness (QED) is 0.416. The molecule has 1 saturated heterocycles. The molecule has 6 nitrogen and oxygen atoms in total. The lowest BCUT2D eigenvalue weighted by Crippen LogP contribution is -2.16. The van der Waals surface area contributed by atoms with Crippen molar-refractivity contribution in [1.29, 1.82) is 0 Å². The van der Waals surface area contributed by atoms with E-state index < -0.39 is 0 Å². The molecular formula is C28H48O6. The third kappa shape index (κ3) is 20.0. The standard InChI is InChI=1S/4C6H10O.C4H8O2/c4*7-6-4-2-1-3-5-6;1-2-6-4-3-5-1/h4*1-5H2;1-4H2. The highest BCUT2D eigenvalue weighted by atomic mass is 16.6. The van der Waals surface area contributed by atoms with Crippen LogP contribution in [-0.2, 0) is 28.7 Å². The Kier molecular flexibility index (Phi) is 19.9. The molecule has 0 unspecified atom stereocenters. The Morgan fingerprint density at radius 3 is 0.559 bits per heavy atom. The van der Waals surface area contributed by atoms with Crippen LogP contribution in [0.15, 0.2) is 0 Å². The number of rotatable bonds is 0. The number of carbonyl (C=O) groups excluding carboxylic acids is 4. The van der Waals surface area contributed by atoms with Crippen molar-refractivity contribution in [2.24, 2.45) is 0 Å². The monoisotopic (exact) mass is 480 g/mol. The van der Waals surface area contributed by atoms with E-state index in [9.17, 15) is 19.2 Å². The van der Waals surface area contributed by atoms with Gasteiger partial charge in [-0.15, -0.1) is 0 Å². The predicted molar refractivity (Wildman–Crippen MR) is 134 cm³/mol. The smallest absolute Gasteiger partial charge is 0.132 e. The van der Waals surface area contributed by atoms with E-state index >= 15 is 0 Å². The zero-order valence-corrected chi connectivity index (χ0v) is 21.4. The number of hydrogen-bond donors (Lipinski definition) is 0. The first-order valence-corrected chi connectivity index (χ1v) is 13.8. The van der Waals surface area contributed by atoms with Crippen molar-refractivity contribution in [3.63, 3.8) is 0 Å². The van der Waals surface area contributed by atoms with E-state index in [-0.39, 0.29) is 0 Å². The minimum Gasteiger partial charge on any atom is -0.377 e. The highest BCUT2D eigenvalue weighted by Gasteiger charge is 2.08. The second kappa shape index (κ2) is 22.1. The van der Waals surface area contributed by atoms with Gasteiger partial charge in [0.2, 0.25) is 0 Å². The molecule has 0 aromatic carbocycles. The zero-order chi connectivity index (χ0) is 24.7. The molecule has 0 N–H and O–H groups in total. The first-order chi connectivity index (χ1) is 16.6. The van der Waals surface area contributed by atoms with Crippen LogP contribution in [0.3, 0.4) is 0 Å². The Labute approximate surface area is 206 Å². The Morgan fingerprint density at radius 1 is 0.294 bits per heavy atom. The van der Waals surface area contributed by atoms with E-state index in [2.05, 4.69) is 0 Å². The fourth-order valence-electron chi connectivity index (χ4n) is 4.22. The maximum atomic E-state index is 10.5. The summed E-state index contributed by atoms with van der Waals surface area (Å²) in [6.07, 6.45) is 21.0. The van der Waals surface area contributed by atoms with Crippen LogP contribution >= 0.6 is 0 Å². The summed E-state index contributed by atoms with van der Waals surface area (Å²) in [5.41, 5.74) is 0. The first kappa shape index (κ1) is 30.6. The SMILES string of the molecule is C1COCCO1.O=C1CCCCC1.O=C1CCCCC1.O=C1CCCCC1.O=C1CCCCC1. The molecular weight excluding hydrogens is 432 g/mol. The van der Waals surface area contributed by atoms with Gasteiger partial charge in [0.05, 0.1) is 26.4 Å². The van der Waals surface area contributed by atoms with Crippen LogP contribution < -0.4 is 0 Å². The summed E-state index contributed by atoms with van der Waals surface area (Å²) in [5, 5.41) is 0. The van der Waals surface area contributed by atoms with Crippen LogP contribution in [0.4, 0.5) is 0 Å². The third-order valence-corrected chi connectivity index (χ3v) is 6.39. The Hall–Kier alpha value is -1.40. The van der Waals surface area contributed by atoms with Crippen LogP contribution in [0.1, 0.15) is 128 Å². The van der Waals surface area contributed by atoms with Gasteiger partial charge in [-0.3, -0.25) is 19.2 Å². The lowest BCUT2D eigenvalue weighted by Gasteiger charge is -2.09. The molecule has 5 fully saturated rings. The van der Waals surface area contributed by atoms with Gasteiger partial charge in [0.15, 0.2) is 0 Å². The zero-order valence-electron chi connectivity index (χ0n) is 21.4. The van der Waals surface area contributed by atoms with Crippen LogP contribution in [0.2, 0.25) is 0 Å². The molecule has 0 atom stereocenters. The summed E-state index contributed by atoms with van der Waals surface area (Å²) in [4.78, 5) is 41.9. The Morgan fingerprint density at radius 2 is 0.471 bits per heavy atom. The molecule has 6 heteroatoms. The van der Waals surface area contributed by atoms with Crippen LogP contribution in [0.5, 0.6) is 0 Å². The number of carbonyl (C=O) groups is 4. The van der Waals surface area contributed by atoms with Gasteiger partial charge in [0.25, 0.3) is 0 Å². The van der Waals surface area contributed by atoms with Crippen molar-refractivity contribution in [3.05, 3.63) is 0 Å². The molecule has 0 spiro atoms. The molecule has 4 aliphatic carbocycles. The summed E-state index contributed by atoms with van der Waals surface area (Å²) in [6, 6.07) is 0. The number of Topliss-reactive ketones (excluding diaryl/α,β-unsaturated/α-hetero) is 4. The largest absolute Gasteiger partial charge is 0.377 e. The van der Waals surface area contributed by atoms with E-state index in [1.54, 1.807) is 0 Å². The van der Waals surface area contributed by atoms with Crippen LogP contribution in [0.25, 0.3) is 0 Å². The molecule has 1 heterocycles. The summed E-state index contributed by atoms with van der Waals surface area (Å²) in [7, 11) is 0. The van der Waals surface area contributed by atoms with Gasteiger partial charge in [0, 0.05) is 51.4 Å². The Bertz CT molecular complexity index is 436. The van der Waals surface area contributed by atoms with E-state index in [0.717, 1.165) is 129 Å². The minimum absolute atomic E-state index is 0.464. The molecule has 5 rings (SSSR count). The fourth-order valence-corrected chi connectivity index (χ4v) is 4.22. The second-order valence-corrected chi connectivity index (χ2v) is 9.62. The molecule has 0 amide bonds. The van der Waals surface area contributed by atoms with E-state index in [1.165, 1.54) is 25.7 Å². The Balaban J connectivity index is 0.000000213. The second-order valence-electron chi connectivity index (χ2n) is 9.62. The third-order valence-electron chi connectivity index (χ3n) is 6.39. The molecule has 0 bridgehead atoms. The van der Waals surface area contributed by atoms with Gasteiger partial charge < -0.3 is 9.47 Å². The van der Waals surface area contributed by atoms with E-state index in [0.29, 0.717) is 23.1 Å². The van der Waals surface area contributed by atoms with Gasteiger partial charge in [-0.1, -0.05) is 25.7 Å². The highest BCUT2D eigenvalue weighted by molar-refractivity contribution is 5.79. The highest BCUT2D eigenvalue weighted by Crippen LogP contribution is 2.14. The van der Waals surface area contributed by atoms with Gasteiger partial charge in [-0.25, -0.2) is 0 Å².